The monoisotopic (exact) mass is 622 g/mol. The van der Waals surface area contributed by atoms with Gasteiger partial charge in [-0.2, -0.15) is 0 Å². The Balaban J connectivity index is 1.51. The molecule has 1 aliphatic heterocycles. The molecule has 0 radical (unpaired) electrons. The van der Waals surface area contributed by atoms with Gasteiger partial charge in [0.15, 0.2) is 0 Å². The number of carboxylic acid groups (broad SMARTS) is 1. The molecule has 0 aliphatic carbocycles. The first-order chi connectivity index (χ1) is 21.1. The van der Waals surface area contributed by atoms with Crippen molar-refractivity contribution in [3.63, 3.8) is 0 Å². The highest BCUT2D eigenvalue weighted by Crippen LogP contribution is 2.39. The molecular formula is C33H40F2N4O4Si. The average Bonchev–Trinajstić information content (AvgIpc) is 3.35. The van der Waals surface area contributed by atoms with Gasteiger partial charge in [-0.1, -0.05) is 50.0 Å². The summed E-state index contributed by atoms with van der Waals surface area (Å²) in [6.45, 7) is 9.53. The number of aromatic nitrogens is 2. The molecule has 0 spiro atoms. The number of nitrogens with zero attached hydrogens (tertiary/aromatic N) is 3. The molecule has 0 saturated carbocycles. The Bertz CT molecular complexity index is 1560. The van der Waals surface area contributed by atoms with Gasteiger partial charge in [-0.15, -0.1) is 0 Å². The normalized spacial score (nSPS) is 14.2. The average molecular weight is 623 g/mol. The molecule has 0 atom stereocenters. The SMILES string of the molecule is C[Si](C)(C)CCOCn1cc(-c2cc(F)cc(F)c2)c2c(OCC3CCN(C(=O)O)CC3)cc(NCc3ccccc3)nc21. The molecule has 2 aromatic heterocycles. The minimum Gasteiger partial charge on any atom is -0.492 e. The third-order valence-electron chi connectivity index (χ3n) is 7.87. The maximum Gasteiger partial charge on any atom is 0.407 e. The molecule has 8 nitrogen and oxygen atoms in total. The minimum absolute atomic E-state index is 0.164. The highest BCUT2D eigenvalue weighted by molar-refractivity contribution is 6.76. The Labute approximate surface area is 257 Å². The van der Waals surface area contributed by atoms with Crippen molar-refractivity contribution < 1.29 is 28.2 Å². The first-order valence-electron chi connectivity index (χ1n) is 15.0. The highest BCUT2D eigenvalue weighted by atomic mass is 28.3. The van der Waals surface area contributed by atoms with Crippen molar-refractivity contribution in [2.45, 2.75) is 51.8 Å². The number of hydrogen-bond donors (Lipinski definition) is 2. The number of fused-ring (bicyclic) bond motifs is 1. The number of ether oxygens (including phenoxy) is 2. The third-order valence-corrected chi connectivity index (χ3v) is 9.57. The summed E-state index contributed by atoms with van der Waals surface area (Å²) in [6.07, 6.45) is 2.29. The van der Waals surface area contributed by atoms with E-state index in [0.717, 1.165) is 17.7 Å². The number of piperidine rings is 1. The van der Waals surface area contributed by atoms with Crippen molar-refractivity contribution in [3.05, 3.63) is 78.0 Å². The lowest BCUT2D eigenvalue weighted by Gasteiger charge is -2.29. The zero-order chi connectivity index (χ0) is 31.3. The smallest absolute Gasteiger partial charge is 0.407 e. The standard InChI is InChI=1S/C33H40F2N4O4Si/c1-44(2,3)14-13-42-22-39-20-28(25-15-26(34)17-27(35)16-25)31-29(43-21-24-9-11-38(12-10-24)33(40)41)18-30(37-32(31)39)36-19-23-7-5-4-6-8-23/h4-8,15-18,20,24H,9-14,19,21-22H2,1-3H3,(H,36,37)(H,40,41). The second kappa shape index (κ2) is 13.8. The van der Waals surface area contributed by atoms with E-state index in [1.807, 2.05) is 47.2 Å². The lowest BCUT2D eigenvalue weighted by Crippen LogP contribution is -2.38. The Morgan fingerprint density at radius 3 is 2.43 bits per heavy atom. The van der Waals surface area contributed by atoms with Crippen LogP contribution in [-0.4, -0.2) is 60.0 Å². The zero-order valence-electron chi connectivity index (χ0n) is 25.5. The van der Waals surface area contributed by atoms with Crippen molar-refractivity contribution >= 4 is 31.0 Å². The van der Waals surface area contributed by atoms with E-state index in [4.69, 9.17) is 14.5 Å². The van der Waals surface area contributed by atoms with Crippen LogP contribution in [0, 0.1) is 17.6 Å². The number of nitrogens with one attached hydrogen (secondary N) is 1. The summed E-state index contributed by atoms with van der Waals surface area (Å²) in [5.41, 5.74) is 2.62. The van der Waals surface area contributed by atoms with Gasteiger partial charge in [0.25, 0.3) is 0 Å². The number of hydrogen-bond acceptors (Lipinski definition) is 5. The molecule has 1 amide bonds. The van der Waals surface area contributed by atoms with Gasteiger partial charge in [0.2, 0.25) is 0 Å². The van der Waals surface area contributed by atoms with Crippen LogP contribution in [0.5, 0.6) is 5.75 Å². The molecule has 1 saturated heterocycles. The van der Waals surface area contributed by atoms with E-state index in [1.165, 1.54) is 17.0 Å². The second-order valence-corrected chi connectivity index (χ2v) is 18.2. The highest BCUT2D eigenvalue weighted by Gasteiger charge is 2.25. The fraction of sp³-hybridized carbons (Fsp3) is 0.394. The molecule has 0 unspecified atom stereocenters. The van der Waals surface area contributed by atoms with Crippen molar-refractivity contribution in [1.82, 2.24) is 14.5 Å². The molecular weight excluding hydrogens is 582 g/mol. The predicted octanol–water partition coefficient (Wildman–Crippen LogP) is 7.67. The van der Waals surface area contributed by atoms with Crippen LogP contribution >= 0.6 is 0 Å². The fourth-order valence-corrected chi connectivity index (χ4v) is 6.07. The van der Waals surface area contributed by atoms with Crippen LogP contribution in [0.15, 0.2) is 60.8 Å². The maximum absolute atomic E-state index is 14.4. The van der Waals surface area contributed by atoms with Crippen LogP contribution in [-0.2, 0) is 18.0 Å². The van der Waals surface area contributed by atoms with E-state index in [0.29, 0.717) is 79.4 Å². The van der Waals surface area contributed by atoms with Gasteiger partial charge >= 0.3 is 6.09 Å². The fourth-order valence-electron chi connectivity index (χ4n) is 5.31. The molecule has 2 aromatic carbocycles. The number of pyridine rings is 1. The number of carbonyl (C=O) groups is 1. The molecule has 2 N–H and O–H groups in total. The third kappa shape index (κ3) is 8.15. The van der Waals surface area contributed by atoms with Crippen LogP contribution in [0.25, 0.3) is 22.2 Å². The molecule has 4 aromatic rings. The van der Waals surface area contributed by atoms with Gasteiger partial charge in [-0.25, -0.2) is 18.6 Å². The van der Waals surface area contributed by atoms with Crippen LogP contribution in [0.3, 0.4) is 0 Å². The zero-order valence-corrected chi connectivity index (χ0v) is 26.5. The summed E-state index contributed by atoms with van der Waals surface area (Å²) in [4.78, 5) is 17.7. The lowest BCUT2D eigenvalue weighted by molar-refractivity contribution is 0.0899. The van der Waals surface area contributed by atoms with E-state index >= 15 is 0 Å². The summed E-state index contributed by atoms with van der Waals surface area (Å²) in [5, 5.41) is 13.4. The van der Waals surface area contributed by atoms with Gasteiger partial charge in [-0.3, -0.25) is 0 Å². The number of anilines is 1. The van der Waals surface area contributed by atoms with Gasteiger partial charge in [0.1, 0.15) is 35.6 Å². The molecule has 11 heteroatoms. The van der Waals surface area contributed by atoms with Gasteiger partial charge in [0.05, 0.1) is 12.0 Å². The van der Waals surface area contributed by atoms with Crippen molar-refractivity contribution in [2.75, 3.05) is 31.6 Å². The molecule has 5 rings (SSSR count). The van der Waals surface area contributed by atoms with Gasteiger partial charge in [0, 0.05) is 58.2 Å². The number of halogens is 2. The van der Waals surface area contributed by atoms with Crippen LogP contribution in [0.4, 0.5) is 19.4 Å². The Morgan fingerprint density at radius 1 is 1.07 bits per heavy atom. The Morgan fingerprint density at radius 2 is 1.77 bits per heavy atom. The molecule has 44 heavy (non-hydrogen) atoms. The molecule has 0 bridgehead atoms. The Kier molecular flexibility index (Phi) is 9.85. The second-order valence-electron chi connectivity index (χ2n) is 12.6. The summed E-state index contributed by atoms with van der Waals surface area (Å²) in [6, 6.07) is 16.3. The number of amides is 1. The number of rotatable bonds is 12. The summed E-state index contributed by atoms with van der Waals surface area (Å²) in [5.74, 6) is -0.0538. The largest absolute Gasteiger partial charge is 0.492 e. The summed E-state index contributed by atoms with van der Waals surface area (Å²) >= 11 is 0. The van der Waals surface area contributed by atoms with E-state index in [2.05, 4.69) is 25.0 Å². The van der Waals surface area contributed by atoms with Crippen LogP contribution in [0.1, 0.15) is 18.4 Å². The summed E-state index contributed by atoms with van der Waals surface area (Å²) < 4.78 is 43.3. The van der Waals surface area contributed by atoms with Crippen LogP contribution in [0.2, 0.25) is 25.7 Å². The van der Waals surface area contributed by atoms with Gasteiger partial charge < -0.3 is 29.4 Å². The predicted molar refractivity (Wildman–Crippen MR) is 171 cm³/mol. The van der Waals surface area contributed by atoms with Crippen molar-refractivity contribution in [2.24, 2.45) is 5.92 Å². The van der Waals surface area contributed by atoms with E-state index < -0.39 is 25.8 Å². The molecule has 234 valence electrons. The maximum atomic E-state index is 14.4. The molecule has 1 aliphatic rings. The van der Waals surface area contributed by atoms with E-state index in [-0.39, 0.29) is 12.6 Å². The van der Waals surface area contributed by atoms with E-state index in [9.17, 15) is 18.7 Å². The topological polar surface area (TPSA) is 88.9 Å². The van der Waals surface area contributed by atoms with Gasteiger partial charge in [-0.05, 0) is 48.1 Å². The summed E-state index contributed by atoms with van der Waals surface area (Å²) in [7, 11) is -1.31. The molecule has 1 fully saturated rings. The quantitative estimate of drug-likeness (QED) is 0.125. The first-order valence-corrected chi connectivity index (χ1v) is 18.7. The Hall–Kier alpha value is -3.96. The minimum atomic E-state index is -1.31. The van der Waals surface area contributed by atoms with E-state index in [1.54, 1.807) is 0 Å². The van der Waals surface area contributed by atoms with Crippen molar-refractivity contribution in [1.29, 1.82) is 0 Å². The number of benzene rings is 2. The number of likely N-dealkylation sites (tertiary alicyclic amines) is 1. The lowest BCUT2D eigenvalue weighted by atomic mass is 9.98. The molecule has 3 heterocycles. The van der Waals surface area contributed by atoms with Crippen molar-refractivity contribution in [3.8, 4) is 16.9 Å². The van der Waals surface area contributed by atoms with Crippen LogP contribution < -0.4 is 10.1 Å². The first kappa shape index (κ1) is 31.5.